The predicted octanol–water partition coefficient (Wildman–Crippen LogP) is 5.18. The number of carboxylic acids is 2. The van der Waals surface area contributed by atoms with Gasteiger partial charge in [-0.1, -0.05) is 51.4 Å². The molecular weight excluding hydrogens is 502 g/mol. The van der Waals surface area contributed by atoms with Gasteiger partial charge in [-0.15, -0.1) is 0 Å². The molecule has 0 saturated heterocycles. The van der Waals surface area contributed by atoms with E-state index >= 15 is 0 Å². The van der Waals surface area contributed by atoms with E-state index in [0.29, 0.717) is 0 Å². The topological polar surface area (TPSA) is 97.7 Å². The maximum absolute atomic E-state index is 12.2. The summed E-state index contributed by atoms with van der Waals surface area (Å²) in [6.07, 6.45) is 11.2. The number of rotatable bonds is 2. The van der Waals surface area contributed by atoms with E-state index < -0.39 is 23.6 Å². The van der Waals surface area contributed by atoms with Crippen LogP contribution in [-0.2, 0) is 47.4 Å². The quantitative estimate of drug-likeness (QED) is 0.350. The van der Waals surface area contributed by atoms with E-state index in [1.165, 1.54) is 75.6 Å². The first-order valence-electron chi connectivity index (χ1n) is 11.5. The van der Waals surface area contributed by atoms with Gasteiger partial charge in [-0.25, -0.2) is 18.4 Å². The Bertz CT molecular complexity index is 1010. The minimum Gasteiger partial charge on any atom is -0.857 e. The first-order chi connectivity index (χ1) is 16.8. The summed E-state index contributed by atoms with van der Waals surface area (Å²) in [6.45, 7) is 0. The summed E-state index contributed by atoms with van der Waals surface area (Å²) in [5.74, 6) is -2.94. The molecule has 0 radical (unpaired) electrons. The van der Waals surface area contributed by atoms with Crippen LogP contribution >= 0.6 is 0 Å². The Morgan fingerprint density at radius 2 is 0.972 bits per heavy atom. The molecule has 190 valence electrons. The third-order valence-corrected chi connectivity index (χ3v) is 5.92. The van der Waals surface area contributed by atoms with Crippen molar-refractivity contribution in [1.82, 2.24) is 0 Å². The average Bonchev–Trinajstić information content (AvgIpc) is 3.25. The van der Waals surface area contributed by atoms with Crippen molar-refractivity contribution in [3.05, 3.63) is 99.6 Å². The smallest absolute Gasteiger partial charge is 0.857 e. The maximum Gasteiger partial charge on any atom is 2.00 e. The van der Waals surface area contributed by atoms with E-state index in [1.54, 1.807) is 22.3 Å². The van der Waals surface area contributed by atoms with Gasteiger partial charge in [-0.05, 0) is 48.5 Å². The van der Waals surface area contributed by atoms with E-state index in [0.717, 1.165) is 31.4 Å². The number of fused-ring (bicyclic) bond motifs is 3. The molecule has 0 atom stereocenters. The fraction of sp³-hybridized carbons (Fsp3) is 0.321. The zero-order valence-electron chi connectivity index (χ0n) is 20.2. The van der Waals surface area contributed by atoms with Crippen LogP contribution in [0.3, 0.4) is 0 Å². The summed E-state index contributed by atoms with van der Waals surface area (Å²) in [4.78, 5) is 20.4. The van der Waals surface area contributed by atoms with Crippen LogP contribution in [0.2, 0.25) is 0 Å². The number of halogens is 2. The number of carboxylic acid groups (broad SMARTS) is 2. The molecule has 8 heteroatoms. The third-order valence-electron chi connectivity index (χ3n) is 5.92. The Morgan fingerprint density at radius 1 is 0.667 bits per heavy atom. The molecule has 0 aliphatic heterocycles. The van der Waals surface area contributed by atoms with Crippen molar-refractivity contribution in [2.75, 3.05) is 7.11 Å². The van der Waals surface area contributed by atoms with Gasteiger partial charge in [-0.2, -0.15) is 35.4 Å². The zero-order chi connectivity index (χ0) is 25.8. The molecule has 2 N–H and O–H groups in total. The summed E-state index contributed by atoms with van der Waals surface area (Å²) in [5.41, 5.74) is 7.14. The third kappa shape index (κ3) is 9.38. The fourth-order valence-electron chi connectivity index (χ4n) is 4.26. The Kier molecular flexibility index (Phi) is 14.0. The summed E-state index contributed by atoms with van der Waals surface area (Å²) in [6, 6.07) is 11.9. The van der Waals surface area contributed by atoms with Gasteiger partial charge in [0.05, 0.1) is 11.1 Å². The second-order valence-electron chi connectivity index (χ2n) is 8.19. The van der Waals surface area contributed by atoms with Crippen molar-refractivity contribution in [3.8, 4) is 0 Å². The van der Waals surface area contributed by atoms with Crippen molar-refractivity contribution < 1.29 is 55.4 Å². The first kappa shape index (κ1) is 31.3. The normalized spacial score (nSPS) is 12.9. The van der Waals surface area contributed by atoms with Crippen LogP contribution < -0.4 is 5.11 Å². The molecule has 2 aliphatic carbocycles. The molecular formula is C28H30F2O5Ti. The summed E-state index contributed by atoms with van der Waals surface area (Å²) in [7, 11) is 0.750. The van der Waals surface area contributed by atoms with E-state index in [9.17, 15) is 18.4 Å². The SMILES string of the molecule is C[O-].O=C(O)c1ccc(F)cc1.O=C(O)c1ccc(F)cc1.[Ti+2].[cH-]1c2c(c3c1CCCC3)CCCC2. The molecule has 0 amide bonds. The molecule has 0 heterocycles. The van der Waals surface area contributed by atoms with Gasteiger partial charge < -0.3 is 15.3 Å². The molecule has 0 saturated carbocycles. The number of benzene rings is 2. The predicted molar refractivity (Wildman–Crippen MR) is 128 cm³/mol. The molecule has 5 nitrogen and oxygen atoms in total. The van der Waals surface area contributed by atoms with Crippen LogP contribution in [0.1, 0.15) is 68.7 Å². The molecule has 2 aliphatic rings. The summed E-state index contributed by atoms with van der Waals surface area (Å²) < 4.78 is 24.3. The summed E-state index contributed by atoms with van der Waals surface area (Å²) >= 11 is 0. The molecule has 5 rings (SSSR count). The minimum atomic E-state index is -1.04. The summed E-state index contributed by atoms with van der Waals surface area (Å²) in [5, 5.41) is 25.0. The van der Waals surface area contributed by atoms with E-state index in [1.807, 2.05) is 0 Å². The number of hydrogen-bond acceptors (Lipinski definition) is 3. The van der Waals surface area contributed by atoms with Crippen molar-refractivity contribution in [2.45, 2.75) is 51.4 Å². The van der Waals surface area contributed by atoms with E-state index in [4.69, 9.17) is 15.3 Å². The van der Waals surface area contributed by atoms with Gasteiger partial charge in [0.2, 0.25) is 0 Å². The van der Waals surface area contributed by atoms with Crippen LogP contribution in [0.4, 0.5) is 8.78 Å². The van der Waals surface area contributed by atoms with Gasteiger partial charge in [0.15, 0.2) is 0 Å². The van der Waals surface area contributed by atoms with Gasteiger partial charge in [0.25, 0.3) is 0 Å². The Morgan fingerprint density at radius 3 is 1.28 bits per heavy atom. The van der Waals surface area contributed by atoms with Gasteiger partial charge in [0.1, 0.15) is 11.6 Å². The molecule has 0 spiro atoms. The first-order valence-corrected chi connectivity index (χ1v) is 11.5. The Balaban J connectivity index is 0.000000261. The van der Waals surface area contributed by atoms with Crippen LogP contribution in [0.25, 0.3) is 0 Å². The molecule has 0 bridgehead atoms. The zero-order valence-corrected chi connectivity index (χ0v) is 21.8. The van der Waals surface area contributed by atoms with Gasteiger partial charge in [-0.3, -0.25) is 0 Å². The molecule has 0 aromatic heterocycles. The monoisotopic (exact) mass is 532 g/mol. The van der Waals surface area contributed by atoms with Crippen molar-refractivity contribution >= 4 is 11.9 Å². The minimum absolute atomic E-state index is 0. The van der Waals surface area contributed by atoms with Gasteiger partial charge in [0, 0.05) is 0 Å². The van der Waals surface area contributed by atoms with Crippen LogP contribution in [-0.4, -0.2) is 29.3 Å². The van der Waals surface area contributed by atoms with Crippen molar-refractivity contribution in [1.29, 1.82) is 0 Å². The van der Waals surface area contributed by atoms with Crippen molar-refractivity contribution in [3.63, 3.8) is 0 Å². The van der Waals surface area contributed by atoms with E-state index in [-0.39, 0.29) is 32.8 Å². The molecule has 3 aromatic carbocycles. The number of aromatic carboxylic acids is 2. The Labute approximate surface area is 225 Å². The second kappa shape index (κ2) is 16.1. The van der Waals surface area contributed by atoms with E-state index in [2.05, 4.69) is 6.07 Å². The maximum atomic E-state index is 12.2. The molecule has 3 aromatic rings. The average molecular weight is 532 g/mol. The van der Waals surface area contributed by atoms with Gasteiger partial charge >= 0.3 is 33.7 Å². The number of hydrogen-bond donors (Lipinski definition) is 2. The molecule has 0 unspecified atom stereocenters. The van der Waals surface area contributed by atoms with Crippen molar-refractivity contribution in [2.24, 2.45) is 0 Å². The van der Waals surface area contributed by atoms with Crippen LogP contribution in [0, 0.1) is 11.6 Å². The largest absolute Gasteiger partial charge is 2.00 e. The fourth-order valence-corrected chi connectivity index (χ4v) is 4.26. The molecule has 36 heavy (non-hydrogen) atoms. The second-order valence-corrected chi connectivity index (χ2v) is 8.19. The number of carbonyl (C=O) groups is 2. The van der Waals surface area contributed by atoms with Crippen LogP contribution in [0.15, 0.2) is 54.6 Å². The van der Waals surface area contributed by atoms with Crippen LogP contribution in [0.5, 0.6) is 0 Å². The number of aryl methyl sites for hydroxylation is 2. The Hall–Kier alpha value is -2.74. The standard InChI is InChI=1S/C13H17.2C7H5FO2.CH3O.Ti/c1-3-7-12-10(5-1)9-11-6-2-4-8-13(11)12;2*8-6-3-1-5(2-4-6)7(9)10;1-2;/h9H,1-8H2;2*1-4H,(H,9,10);1H3;/q-1;;;-1;+2. The molecule has 0 fully saturated rings.